The number of rotatable bonds is 5. The van der Waals surface area contributed by atoms with Gasteiger partial charge in [-0.25, -0.2) is 0 Å². The number of nitrogens with two attached hydrogens (primary N) is 1. The molecule has 1 rings (SSSR count). The van der Waals surface area contributed by atoms with E-state index in [-0.39, 0.29) is 23.7 Å². The Kier molecular flexibility index (Phi) is 4.45. The lowest BCUT2D eigenvalue weighted by molar-refractivity contribution is 0.0667. The van der Waals surface area contributed by atoms with E-state index in [2.05, 4.69) is 15.2 Å². The molecule has 17 heavy (non-hydrogen) atoms. The third-order valence-corrected chi connectivity index (χ3v) is 2.47. The summed E-state index contributed by atoms with van der Waals surface area (Å²) in [6.45, 7) is 5.35. The standard InChI is InChI=1S/C10H20N6O/c1-5-16(7(2)6-15(3)4)9(17)8-12-10(11)14-13-8/h7H,5-6H2,1-4H3,(H3,11,12,13,14). The molecule has 96 valence electrons. The van der Waals surface area contributed by atoms with Gasteiger partial charge in [0.15, 0.2) is 0 Å². The molecule has 1 amide bonds. The van der Waals surface area contributed by atoms with Crippen LogP contribution in [0.1, 0.15) is 24.5 Å². The summed E-state index contributed by atoms with van der Waals surface area (Å²) >= 11 is 0. The van der Waals surface area contributed by atoms with Gasteiger partial charge in [-0.05, 0) is 27.9 Å². The maximum Gasteiger partial charge on any atom is 0.291 e. The third-order valence-electron chi connectivity index (χ3n) is 2.47. The number of nitrogen functional groups attached to an aromatic ring is 1. The zero-order chi connectivity index (χ0) is 13.0. The number of aromatic amines is 1. The van der Waals surface area contributed by atoms with E-state index in [1.165, 1.54) is 0 Å². The lowest BCUT2D eigenvalue weighted by Gasteiger charge is -2.29. The van der Waals surface area contributed by atoms with Crippen LogP contribution in [0.25, 0.3) is 0 Å². The van der Waals surface area contributed by atoms with Crippen LogP contribution in [-0.4, -0.2) is 64.1 Å². The molecule has 7 nitrogen and oxygen atoms in total. The number of hydrogen-bond donors (Lipinski definition) is 2. The highest BCUT2D eigenvalue weighted by Crippen LogP contribution is 2.06. The smallest absolute Gasteiger partial charge is 0.291 e. The molecule has 0 spiro atoms. The van der Waals surface area contributed by atoms with Gasteiger partial charge in [0.25, 0.3) is 5.91 Å². The van der Waals surface area contributed by atoms with Gasteiger partial charge >= 0.3 is 0 Å². The molecule has 0 aliphatic rings. The van der Waals surface area contributed by atoms with Gasteiger partial charge in [0.1, 0.15) is 0 Å². The molecule has 1 aromatic heterocycles. The van der Waals surface area contributed by atoms with E-state index in [0.29, 0.717) is 6.54 Å². The Bertz CT molecular complexity index is 375. The van der Waals surface area contributed by atoms with E-state index in [1.54, 1.807) is 4.90 Å². The van der Waals surface area contributed by atoms with Gasteiger partial charge in [0.05, 0.1) is 0 Å². The van der Waals surface area contributed by atoms with Gasteiger partial charge in [0.2, 0.25) is 11.8 Å². The monoisotopic (exact) mass is 240 g/mol. The Morgan fingerprint density at radius 3 is 2.59 bits per heavy atom. The maximum atomic E-state index is 12.1. The molecular formula is C10H20N6O. The average Bonchev–Trinajstić information content (AvgIpc) is 2.64. The van der Waals surface area contributed by atoms with Crippen molar-refractivity contribution in [2.45, 2.75) is 19.9 Å². The summed E-state index contributed by atoms with van der Waals surface area (Å²) in [5.41, 5.74) is 5.38. The van der Waals surface area contributed by atoms with Gasteiger partial charge in [0, 0.05) is 19.1 Å². The summed E-state index contributed by atoms with van der Waals surface area (Å²) in [7, 11) is 3.95. The Balaban J connectivity index is 2.76. The van der Waals surface area contributed by atoms with Crippen LogP contribution >= 0.6 is 0 Å². The highest BCUT2D eigenvalue weighted by atomic mass is 16.2. The molecule has 0 radical (unpaired) electrons. The topological polar surface area (TPSA) is 91.1 Å². The number of H-pyrrole nitrogens is 1. The number of nitrogens with zero attached hydrogens (tertiary/aromatic N) is 4. The number of likely N-dealkylation sites (N-methyl/N-ethyl adjacent to an activating group) is 2. The minimum atomic E-state index is -0.175. The zero-order valence-electron chi connectivity index (χ0n) is 10.8. The first kappa shape index (κ1) is 13.4. The maximum absolute atomic E-state index is 12.1. The van der Waals surface area contributed by atoms with Gasteiger partial charge in [-0.1, -0.05) is 0 Å². The van der Waals surface area contributed by atoms with Crippen LogP contribution in [0.15, 0.2) is 0 Å². The predicted octanol–water partition coefficient (Wildman–Crippen LogP) is -0.201. The van der Waals surface area contributed by atoms with Crippen LogP contribution in [0.4, 0.5) is 5.95 Å². The summed E-state index contributed by atoms with van der Waals surface area (Å²) in [5, 5.41) is 6.20. The van der Waals surface area contributed by atoms with Crippen molar-refractivity contribution >= 4 is 11.9 Å². The molecule has 0 saturated carbocycles. The minimum Gasteiger partial charge on any atom is -0.366 e. The molecule has 0 bridgehead atoms. The average molecular weight is 240 g/mol. The van der Waals surface area contributed by atoms with Crippen molar-refractivity contribution in [3.63, 3.8) is 0 Å². The SMILES string of the molecule is CCN(C(=O)c1nc(N)n[nH]1)C(C)CN(C)C. The van der Waals surface area contributed by atoms with Crippen molar-refractivity contribution in [1.82, 2.24) is 25.0 Å². The number of amides is 1. The third kappa shape index (κ3) is 3.42. The molecule has 7 heteroatoms. The first-order valence-electron chi connectivity index (χ1n) is 5.59. The number of aromatic nitrogens is 3. The fraction of sp³-hybridized carbons (Fsp3) is 0.700. The number of carbonyl (C=O) groups excluding carboxylic acids is 1. The molecule has 0 aromatic carbocycles. The molecule has 1 unspecified atom stereocenters. The Labute approximate surface area is 101 Å². The van der Waals surface area contributed by atoms with E-state index in [1.807, 2.05) is 32.8 Å². The van der Waals surface area contributed by atoms with E-state index >= 15 is 0 Å². The molecule has 0 aliphatic carbocycles. The quantitative estimate of drug-likeness (QED) is 0.743. The van der Waals surface area contributed by atoms with Gasteiger partial charge in [-0.2, -0.15) is 4.98 Å². The summed E-state index contributed by atoms with van der Waals surface area (Å²) in [5.74, 6) is 0.102. The molecule has 1 atom stereocenters. The highest BCUT2D eigenvalue weighted by Gasteiger charge is 2.22. The number of hydrogen-bond acceptors (Lipinski definition) is 5. The lowest BCUT2D eigenvalue weighted by Crippen LogP contribution is -2.44. The Morgan fingerprint density at radius 1 is 1.53 bits per heavy atom. The van der Waals surface area contributed by atoms with Crippen LogP contribution in [0.2, 0.25) is 0 Å². The van der Waals surface area contributed by atoms with Crippen LogP contribution in [0, 0.1) is 0 Å². The fourth-order valence-electron chi connectivity index (χ4n) is 1.79. The number of nitrogens with one attached hydrogen (secondary N) is 1. The normalized spacial score (nSPS) is 12.8. The summed E-state index contributed by atoms with van der Waals surface area (Å²) < 4.78 is 0. The van der Waals surface area contributed by atoms with Gasteiger partial charge in [-0.3, -0.25) is 9.89 Å². The Hall–Kier alpha value is -1.63. The number of carbonyl (C=O) groups is 1. The van der Waals surface area contributed by atoms with Gasteiger partial charge in [-0.15, -0.1) is 5.10 Å². The Morgan fingerprint density at radius 2 is 2.18 bits per heavy atom. The van der Waals surface area contributed by atoms with Crippen LogP contribution in [0.3, 0.4) is 0 Å². The molecular weight excluding hydrogens is 220 g/mol. The van der Waals surface area contributed by atoms with Crippen molar-refractivity contribution in [1.29, 1.82) is 0 Å². The summed E-state index contributed by atoms with van der Waals surface area (Å²) in [4.78, 5) is 19.8. The zero-order valence-corrected chi connectivity index (χ0v) is 10.8. The van der Waals surface area contributed by atoms with Crippen molar-refractivity contribution < 1.29 is 4.79 Å². The first-order chi connectivity index (χ1) is 7.95. The molecule has 1 heterocycles. The number of anilines is 1. The fourth-order valence-corrected chi connectivity index (χ4v) is 1.79. The summed E-state index contributed by atoms with van der Waals surface area (Å²) in [6.07, 6.45) is 0. The van der Waals surface area contributed by atoms with Gasteiger partial charge < -0.3 is 15.5 Å². The molecule has 1 aromatic rings. The second-order valence-corrected chi connectivity index (χ2v) is 4.24. The van der Waals surface area contributed by atoms with Crippen LogP contribution in [-0.2, 0) is 0 Å². The van der Waals surface area contributed by atoms with Crippen molar-refractivity contribution in [3.05, 3.63) is 5.82 Å². The van der Waals surface area contributed by atoms with Crippen LogP contribution < -0.4 is 5.73 Å². The van der Waals surface area contributed by atoms with Crippen molar-refractivity contribution in [2.75, 3.05) is 32.9 Å². The van der Waals surface area contributed by atoms with E-state index in [4.69, 9.17) is 5.73 Å². The largest absolute Gasteiger partial charge is 0.366 e. The second-order valence-electron chi connectivity index (χ2n) is 4.24. The molecule has 0 aliphatic heterocycles. The van der Waals surface area contributed by atoms with E-state index in [0.717, 1.165) is 6.54 Å². The molecule has 0 fully saturated rings. The molecule has 3 N–H and O–H groups in total. The van der Waals surface area contributed by atoms with E-state index in [9.17, 15) is 4.79 Å². The van der Waals surface area contributed by atoms with E-state index < -0.39 is 0 Å². The second kappa shape index (κ2) is 5.62. The summed E-state index contributed by atoms with van der Waals surface area (Å²) in [6, 6.07) is 0.105. The molecule has 0 saturated heterocycles. The van der Waals surface area contributed by atoms with Crippen molar-refractivity contribution in [3.8, 4) is 0 Å². The van der Waals surface area contributed by atoms with Crippen molar-refractivity contribution in [2.24, 2.45) is 0 Å². The highest BCUT2D eigenvalue weighted by molar-refractivity contribution is 5.90. The minimum absolute atomic E-state index is 0.0877. The predicted molar refractivity (Wildman–Crippen MR) is 65.5 cm³/mol. The first-order valence-corrected chi connectivity index (χ1v) is 5.59. The lowest BCUT2D eigenvalue weighted by atomic mass is 10.2. The van der Waals surface area contributed by atoms with Crippen LogP contribution in [0.5, 0.6) is 0 Å².